The van der Waals surface area contributed by atoms with Crippen molar-refractivity contribution in [3.05, 3.63) is 36.0 Å². The molecule has 7 heteroatoms. The minimum atomic E-state index is -1.22. The number of ether oxygens (including phenoxy) is 1. The molecule has 0 aliphatic carbocycles. The van der Waals surface area contributed by atoms with E-state index in [0.717, 1.165) is 0 Å². The summed E-state index contributed by atoms with van der Waals surface area (Å²) < 4.78 is 4.72. The summed E-state index contributed by atoms with van der Waals surface area (Å²) in [5, 5.41) is 21.9. The molecule has 1 unspecified atom stereocenters. The Kier molecular flexibility index (Phi) is 4.34. The lowest BCUT2D eigenvalue weighted by atomic mass is 10.1. The van der Waals surface area contributed by atoms with Gasteiger partial charge in [-0.3, -0.25) is 0 Å². The second-order valence-corrected chi connectivity index (χ2v) is 4.27. The number of carboxylic acids is 1. The normalized spacial score (nSPS) is 11.9. The number of methoxy groups -OCH3 is 1. The van der Waals surface area contributed by atoms with Crippen molar-refractivity contribution in [1.82, 2.24) is 4.98 Å². The van der Waals surface area contributed by atoms with Crippen LogP contribution in [-0.2, 0) is 9.53 Å². The number of nitrogens with zero attached hydrogens (tertiary/aromatic N) is 1. The lowest BCUT2D eigenvalue weighted by molar-refractivity contribution is -0.138. The van der Waals surface area contributed by atoms with Gasteiger partial charge in [0.15, 0.2) is 0 Å². The Morgan fingerprint density at radius 1 is 1.38 bits per heavy atom. The standard InChI is InChI=1S/C14H14N2O5/c1-21-14(20)9-4-2-3-8-5-6-15-12(11(8)9)16-10(7-17)13(18)19/h2-6,10,17H,7H2,1H3,(H,15,16)(H,18,19). The summed E-state index contributed by atoms with van der Waals surface area (Å²) in [6, 6.07) is 5.51. The molecule has 0 radical (unpaired) electrons. The number of rotatable bonds is 5. The number of pyridine rings is 1. The van der Waals surface area contributed by atoms with E-state index in [1.54, 1.807) is 24.3 Å². The molecule has 0 aliphatic heterocycles. The molecule has 1 aromatic carbocycles. The molecule has 2 rings (SSSR count). The molecule has 1 atom stereocenters. The molecule has 21 heavy (non-hydrogen) atoms. The van der Waals surface area contributed by atoms with Gasteiger partial charge in [0, 0.05) is 11.6 Å². The Morgan fingerprint density at radius 2 is 2.14 bits per heavy atom. The van der Waals surface area contributed by atoms with Crippen LogP contribution in [0.1, 0.15) is 10.4 Å². The first kappa shape index (κ1) is 14.7. The summed E-state index contributed by atoms with van der Waals surface area (Å²) in [6.45, 7) is -0.603. The summed E-state index contributed by atoms with van der Waals surface area (Å²) in [7, 11) is 1.26. The maximum absolute atomic E-state index is 11.8. The number of aliphatic hydroxyl groups is 1. The largest absolute Gasteiger partial charge is 0.480 e. The van der Waals surface area contributed by atoms with Crippen LogP contribution in [0.3, 0.4) is 0 Å². The van der Waals surface area contributed by atoms with Gasteiger partial charge < -0.3 is 20.3 Å². The van der Waals surface area contributed by atoms with Crippen LogP contribution in [0, 0.1) is 0 Å². The number of esters is 1. The van der Waals surface area contributed by atoms with Crippen molar-refractivity contribution in [2.45, 2.75) is 6.04 Å². The Morgan fingerprint density at radius 3 is 2.76 bits per heavy atom. The van der Waals surface area contributed by atoms with Crippen LogP contribution in [0.15, 0.2) is 30.5 Å². The number of benzene rings is 1. The number of aliphatic hydroxyl groups excluding tert-OH is 1. The van der Waals surface area contributed by atoms with Crippen LogP contribution in [0.25, 0.3) is 10.8 Å². The summed E-state index contributed by atoms with van der Waals surface area (Å²) in [5.74, 6) is -1.56. The lowest BCUT2D eigenvalue weighted by Crippen LogP contribution is -2.33. The molecule has 1 aromatic heterocycles. The maximum Gasteiger partial charge on any atom is 0.338 e. The number of carboxylic acid groups (broad SMARTS) is 1. The number of anilines is 1. The fourth-order valence-corrected chi connectivity index (χ4v) is 1.97. The number of hydrogen-bond donors (Lipinski definition) is 3. The predicted octanol–water partition coefficient (Wildman–Crippen LogP) is 0.879. The highest BCUT2D eigenvalue weighted by molar-refractivity contribution is 6.09. The van der Waals surface area contributed by atoms with Crippen molar-refractivity contribution in [3.8, 4) is 0 Å². The molecule has 2 aromatic rings. The Bertz CT molecular complexity index is 681. The zero-order valence-corrected chi connectivity index (χ0v) is 11.2. The topological polar surface area (TPSA) is 109 Å². The lowest BCUT2D eigenvalue weighted by Gasteiger charge is -2.15. The third-order valence-corrected chi connectivity index (χ3v) is 2.99. The number of carbonyl (C=O) groups excluding carboxylic acids is 1. The summed E-state index contributed by atoms with van der Waals surface area (Å²) >= 11 is 0. The van der Waals surface area contributed by atoms with E-state index in [1.807, 2.05) is 0 Å². The van der Waals surface area contributed by atoms with E-state index in [0.29, 0.717) is 10.8 Å². The first-order valence-corrected chi connectivity index (χ1v) is 6.14. The number of carbonyl (C=O) groups is 2. The zero-order valence-electron chi connectivity index (χ0n) is 11.2. The predicted molar refractivity (Wildman–Crippen MR) is 75.2 cm³/mol. The third kappa shape index (κ3) is 2.92. The van der Waals surface area contributed by atoms with Crippen LogP contribution >= 0.6 is 0 Å². The van der Waals surface area contributed by atoms with Gasteiger partial charge in [0.1, 0.15) is 11.9 Å². The molecule has 0 saturated carbocycles. The van der Waals surface area contributed by atoms with Crippen molar-refractivity contribution in [2.24, 2.45) is 0 Å². The molecule has 3 N–H and O–H groups in total. The smallest absolute Gasteiger partial charge is 0.338 e. The van der Waals surface area contributed by atoms with Crippen LogP contribution in [0.4, 0.5) is 5.82 Å². The number of fused-ring (bicyclic) bond motifs is 1. The molecule has 0 bridgehead atoms. The van der Waals surface area contributed by atoms with Gasteiger partial charge in [0.2, 0.25) is 0 Å². The molecule has 0 fully saturated rings. The summed E-state index contributed by atoms with van der Waals surface area (Å²) in [5.41, 5.74) is 0.271. The van der Waals surface area contributed by atoms with Gasteiger partial charge in [-0.2, -0.15) is 0 Å². The highest BCUT2D eigenvalue weighted by Gasteiger charge is 2.20. The Labute approximate surface area is 120 Å². The van der Waals surface area contributed by atoms with Crippen LogP contribution in [0.5, 0.6) is 0 Å². The fourth-order valence-electron chi connectivity index (χ4n) is 1.97. The van der Waals surface area contributed by atoms with Crippen molar-refractivity contribution < 1.29 is 24.5 Å². The fraction of sp³-hybridized carbons (Fsp3) is 0.214. The van der Waals surface area contributed by atoms with E-state index in [2.05, 4.69) is 10.3 Å². The van der Waals surface area contributed by atoms with Crippen molar-refractivity contribution in [3.63, 3.8) is 0 Å². The first-order valence-electron chi connectivity index (χ1n) is 6.14. The zero-order chi connectivity index (χ0) is 15.4. The van der Waals surface area contributed by atoms with Gasteiger partial charge in [-0.15, -0.1) is 0 Å². The van der Waals surface area contributed by atoms with Crippen molar-refractivity contribution >= 4 is 28.5 Å². The van der Waals surface area contributed by atoms with E-state index >= 15 is 0 Å². The highest BCUT2D eigenvalue weighted by Crippen LogP contribution is 2.26. The summed E-state index contributed by atoms with van der Waals surface area (Å²) in [6.07, 6.45) is 1.49. The van der Waals surface area contributed by atoms with Gasteiger partial charge in [-0.05, 0) is 17.5 Å². The van der Waals surface area contributed by atoms with E-state index < -0.39 is 24.6 Å². The number of aromatic nitrogens is 1. The quantitative estimate of drug-likeness (QED) is 0.701. The molecule has 0 saturated heterocycles. The second-order valence-electron chi connectivity index (χ2n) is 4.27. The SMILES string of the molecule is COC(=O)c1cccc2ccnc(NC(CO)C(=O)O)c12. The number of aliphatic carboxylic acids is 1. The molecule has 7 nitrogen and oxygen atoms in total. The van der Waals surface area contributed by atoms with E-state index in [1.165, 1.54) is 13.3 Å². The Hall–Kier alpha value is -2.67. The molecule has 0 amide bonds. The van der Waals surface area contributed by atoms with Gasteiger partial charge in [-0.25, -0.2) is 14.6 Å². The van der Waals surface area contributed by atoms with E-state index in [9.17, 15) is 9.59 Å². The van der Waals surface area contributed by atoms with E-state index in [4.69, 9.17) is 14.9 Å². The van der Waals surface area contributed by atoms with Crippen LogP contribution < -0.4 is 5.32 Å². The van der Waals surface area contributed by atoms with Crippen LogP contribution in [0.2, 0.25) is 0 Å². The van der Waals surface area contributed by atoms with Gasteiger partial charge in [0.25, 0.3) is 0 Å². The van der Waals surface area contributed by atoms with Crippen LogP contribution in [-0.4, -0.2) is 46.9 Å². The van der Waals surface area contributed by atoms with Gasteiger partial charge >= 0.3 is 11.9 Å². The molecule has 0 aliphatic rings. The molecule has 0 spiro atoms. The average molecular weight is 290 g/mol. The van der Waals surface area contributed by atoms with Crippen molar-refractivity contribution in [2.75, 3.05) is 19.0 Å². The second kappa shape index (κ2) is 6.19. The minimum Gasteiger partial charge on any atom is -0.480 e. The van der Waals surface area contributed by atoms with Gasteiger partial charge in [-0.1, -0.05) is 12.1 Å². The minimum absolute atomic E-state index is 0.204. The molecule has 1 heterocycles. The number of hydrogen-bond acceptors (Lipinski definition) is 6. The monoisotopic (exact) mass is 290 g/mol. The molecular weight excluding hydrogens is 276 g/mol. The third-order valence-electron chi connectivity index (χ3n) is 2.99. The maximum atomic E-state index is 11.8. The summed E-state index contributed by atoms with van der Waals surface area (Å²) in [4.78, 5) is 26.9. The molecule has 110 valence electrons. The highest BCUT2D eigenvalue weighted by atomic mass is 16.5. The van der Waals surface area contributed by atoms with Crippen molar-refractivity contribution in [1.29, 1.82) is 0 Å². The molecular formula is C14H14N2O5. The van der Waals surface area contributed by atoms with E-state index in [-0.39, 0.29) is 11.4 Å². The number of nitrogens with one attached hydrogen (secondary N) is 1. The Balaban J connectivity index is 2.58. The first-order chi connectivity index (χ1) is 10.1. The average Bonchev–Trinajstić information content (AvgIpc) is 2.50. The van der Waals surface area contributed by atoms with Gasteiger partial charge in [0.05, 0.1) is 19.3 Å².